The van der Waals surface area contributed by atoms with Gasteiger partial charge >= 0.3 is 0 Å². The van der Waals surface area contributed by atoms with E-state index in [9.17, 15) is 0 Å². The molecular weight excluding hydrogens is 1440 g/mol. The maximum Gasteiger partial charge on any atom is 0.164 e. The highest BCUT2D eigenvalue weighted by Gasteiger charge is 2.27. The highest BCUT2D eigenvalue weighted by Crippen LogP contribution is 2.48. The number of para-hydroxylation sites is 3. The molecular formula is C108H68N10. The van der Waals surface area contributed by atoms with Crippen molar-refractivity contribution in [1.82, 2.24) is 48.2 Å². The molecule has 23 aromatic rings. The predicted molar refractivity (Wildman–Crippen MR) is 485 cm³/mol. The molecule has 6 heterocycles. The Balaban J connectivity index is 0.689. The topological polar surface area (TPSA) is 97.1 Å². The Labute approximate surface area is 679 Å². The molecule has 0 N–H and O–H groups in total. The van der Waals surface area contributed by atoms with Gasteiger partial charge in [-0.3, -0.25) is 0 Å². The molecule has 6 aromatic heterocycles. The standard InChI is InChI=1S/C108H68N10/c1-6-27-69(28-7-1)71-53-57-82(58-54-71)115-94-49-19-16-45-87(94)90-61-62-91-88-46-17-20-50-95(88)116(100(91)99(90)115)83-59-55-75(56-60-83)106-110-105(74-35-14-5-15-36-74)111-107(114-106)80-41-23-40-79(66-80)86-48-26-52-97-98(86)93-64-63-92-89-47-18-21-51-96(89)117(101(92)102(93)118(97)84-43-24-39-78(67-84)77-38-22-37-76(65-77)70-29-8-2-9-30-70)85-44-25-42-81(68-85)108-112-103(72-31-10-3-11-32-72)109-104(113-108)73-33-12-4-13-34-73/h1-68H. The van der Waals surface area contributed by atoms with Crippen molar-refractivity contribution in [3.8, 4) is 136 Å². The van der Waals surface area contributed by atoms with Crippen LogP contribution in [0, 0.1) is 0 Å². The number of benzene rings is 17. The zero-order chi connectivity index (χ0) is 77.7. The van der Waals surface area contributed by atoms with E-state index in [0.717, 1.165) is 150 Å². The van der Waals surface area contributed by atoms with Crippen LogP contribution in [0.3, 0.4) is 0 Å². The molecule has 0 amide bonds. The molecule has 0 unspecified atom stereocenters. The molecule has 118 heavy (non-hydrogen) atoms. The molecule has 10 heteroatoms. The van der Waals surface area contributed by atoms with Gasteiger partial charge in [-0.1, -0.05) is 315 Å². The fraction of sp³-hybridized carbons (Fsp3) is 0. The van der Waals surface area contributed by atoms with Crippen molar-refractivity contribution in [2.75, 3.05) is 0 Å². The van der Waals surface area contributed by atoms with Crippen LogP contribution >= 0.6 is 0 Å². The van der Waals surface area contributed by atoms with Crippen LogP contribution in [0.1, 0.15) is 0 Å². The Morgan fingerprint density at radius 1 is 0.144 bits per heavy atom. The van der Waals surface area contributed by atoms with Gasteiger partial charge in [0.15, 0.2) is 34.9 Å². The normalized spacial score (nSPS) is 11.7. The maximum atomic E-state index is 5.48. The number of aromatic nitrogens is 10. The number of fused-ring (bicyclic) bond motifs is 14. The fourth-order valence-corrected chi connectivity index (χ4v) is 17.8. The highest BCUT2D eigenvalue weighted by atomic mass is 15.1. The SMILES string of the molecule is c1ccc(-c2ccc(-n3c4ccccc4c4ccc5c6ccccc6n(-c6ccc(-c7nc(-c8ccccc8)nc(-c8cccc(-c9cccc%10c9c9ccc%11c%12ccccc%12n(-c%12cccc(-c%13nc(-c%14ccccc%14)nc(-c%14ccccc%14)n%13)c%12)c%11c9n%10-c9cccc(-c%10cccc(-c%11ccccc%11)c%10)c9)c8)n7)cc6)c5c43)cc2)cc1. The number of hydrogen-bond donors (Lipinski definition) is 0. The highest BCUT2D eigenvalue weighted by molar-refractivity contribution is 6.27. The lowest BCUT2D eigenvalue weighted by atomic mass is 9.97. The monoisotopic (exact) mass is 1500 g/mol. The molecule has 10 nitrogen and oxygen atoms in total. The van der Waals surface area contributed by atoms with Crippen molar-refractivity contribution in [2.24, 2.45) is 0 Å². The Morgan fingerprint density at radius 2 is 0.407 bits per heavy atom. The van der Waals surface area contributed by atoms with Crippen molar-refractivity contribution < 1.29 is 0 Å². The molecule has 0 saturated carbocycles. The van der Waals surface area contributed by atoms with Crippen LogP contribution in [0.2, 0.25) is 0 Å². The molecule has 550 valence electrons. The third-order valence-electron chi connectivity index (χ3n) is 23.2. The first-order chi connectivity index (χ1) is 58.5. The van der Waals surface area contributed by atoms with E-state index >= 15 is 0 Å². The molecule has 0 saturated heterocycles. The molecule has 0 bridgehead atoms. The number of nitrogens with zero attached hydrogens (tertiary/aromatic N) is 10. The second-order valence-electron chi connectivity index (χ2n) is 30.1. The molecule has 23 rings (SSSR count). The van der Waals surface area contributed by atoms with E-state index in [1.54, 1.807) is 0 Å². The molecule has 0 atom stereocenters. The molecule has 0 radical (unpaired) electrons. The number of hydrogen-bond acceptors (Lipinski definition) is 6. The second-order valence-corrected chi connectivity index (χ2v) is 30.1. The Hall–Kier alpha value is -16.0. The Morgan fingerprint density at radius 3 is 0.864 bits per heavy atom. The van der Waals surface area contributed by atoms with E-state index in [0.29, 0.717) is 34.9 Å². The average molecular weight is 1510 g/mol. The van der Waals surface area contributed by atoms with Crippen LogP contribution in [0.5, 0.6) is 0 Å². The summed E-state index contributed by atoms with van der Waals surface area (Å²) in [6.07, 6.45) is 0. The molecule has 0 aliphatic heterocycles. The van der Waals surface area contributed by atoms with E-state index in [1.165, 1.54) is 38.2 Å². The minimum Gasteiger partial charge on any atom is -0.307 e. The van der Waals surface area contributed by atoms with Gasteiger partial charge < -0.3 is 18.3 Å². The molecule has 0 aliphatic carbocycles. The van der Waals surface area contributed by atoms with Gasteiger partial charge in [0.1, 0.15) is 0 Å². The summed E-state index contributed by atoms with van der Waals surface area (Å²) in [5.74, 6) is 3.49. The van der Waals surface area contributed by atoms with E-state index in [4.69, 9.17) is 29.9 Å². The van der Waals surface area contributed by atoms with Crippen molar-refractivity contribution >= 4 is 87.2 Å². The third-order valence-corrected chi connectivity index (χ3v) is 23.2. The summed E-state index contributed by atoms with van der Waals surface area (Å²) < 4.78 is 9.84. The van der Waals surface area contributed by atoms with Crippen molar-refractivity contribution in [3.63, 3.8) is 0 Å². The van der Waals surface area contributed by atoms with Crippen molar-refractivity contribution in [1.29, 1.82) is 0 Å². The number of rotatable bonds is 14. The lowest BCUT2D eigenvalue weighted by Crippen LogP contribution is -2.01. The van der Waals surface area contributed by atoms with Crippen LogP contribution in [0.25, 0.3) is 223 Å². The lowest BCUT2D eigenvalue weighted by Gasteiger charge is -2.15. The first-order valence-corrected chi connectivity index (χ1v) is 39.9. The van der Waals surface area contributed by atoms with Crippen molar-refractivity contribution in [3.05, 3.63) is 413 Å². The summed E-state index contributed by atoms with van der Waals surface area (Å²) in [6, 6.07) is 147. The Bertz CT molecular complexity index is 7830. The average Bonchev–Trinajstić information content (AvgIpc) is 1.54. The summed E-state index contributed by atoms with van der Waals surface area (Å²) in [5, 5.41) is 9.19. The van der Waals surface area contributed by atoms with Gasteiger partial charge in [-0.25, -0.2) is 29.9 Å². The smallest absolute Gasteiger partial charge is 0.164 e. The van der Waals surface area contributed by atoms with E-state index < -0.39 is 0 Å². The van der Waals surface area contributed by atoms with Gasteiger partial charge in [0, 0.05) is 99.2 Å². The van der Waals surface area contributed by atoms with E-state index in [-0.39, 0.29) is 0 Å². The van der Waals surface area contributed by atoms with Gasteiger partial charge in [-0.15, -0.1) is 0 Å². The van der Waals surface area contributed by atoms with E-state index in [1.807, 2.05) is 54.6 Å². The minimum atomic E-state index is 0.560. The Kier molecular flexibility index (Phi) is 16.0. The summed E-state index contributed by atoms with van der Waals surface area (Å²) in [5.41, 5.74) is 27.1. The van der Waals surface area contributed by atoms with Crippen LogP contribution in [0.4, 0.5) is 0 Å². The lowest BCUT2D eigenvalue weighted by molar-refractivity contribution is 1.07. The van der Waals surface area contributed by atoms with Crippen molar-refractivity contribution in [2.45, 2.75) is 0 Å². The van der Waals surface area contributed by atoms with Crippen LogP contribution in [-0.4, -0.2) is 48.2 Å². The van der Waals surface area contributed by atoms with Gasteiger partial charge in [-0.05, 0) is 142 Å². The van der Waals surface area contributed by atoms with Crippen LogP contribution in [-0.2, 0) is 0 Å². The van der Waals surface area contributed by atoms with Crippen LogP contribution < -0.4 is 0 Å². The minimum absolute atomic E-state index is 0.560. The summed E-state index contributed by atoms with van der Waals surface area (Å²) >= 11 is 0. The zero-order valence-electron chi connectivity index (χ0n) is 63.7. The molecule has 0 fully saturated rings. The summed E-state index contributed by atoms with van der Waals surface area (Å²) in [7, 11) is 0. The molecule has 0 aliphatic rings. The second kappa shape index (κ2) is 28.0. The van der Waals surface area contributed by atoms with E-state index in [2.05, 4.69) is 376 Å². The van der Waals surface area contributed by atoms with Gasteiger partial charge in [0.25, 0.3) is 0 Å². The fourth-order valence-electron chi connectivity index (χ4n) is 17.8. The predicted octanol–water partition coefficient (Wildman–Crippen LogP) is 27.1. The maximum absolute atomic E-state index is 5.48. The molecule has 17 aromatic carbocycles. The molecule has 0 spiro atoms. The quantitative estimate of drug-likeness (QED) is 0.108. The zero-order valence-corrected chi connectivity index (χ0v) is 63.7. The summed E-state index contributed by atoms with van der Waals surface area (Å²) in [4.78, 5) is 31.7. The first kappa shape index (κ1) is 67.6. The first-order valence-electron chi connectivity index (χ1n) is 39.9. The largest absolute Gasteiger partial charge is 0.307 e. The van der Waals surface area contributed by atoms with Gasteiger partial charge in [-0.2, -0.15) is 0 Å². The van der Waals surface area contributed by atoms with Gasteiger partial charge in [0.2, 0.25) is 0 Å². The third kappa shape index (κ3) is 11.4. The summed E-state index contributed by atoms with van der Waals surface area (Å²) in [6.45, 7) is 0. The van der Waals surface area contributed by atoms with Crippen LogP contribution in [0.15, 0.2) is 413 Å². The van der Waals surface area contributed by atoms with Gasteiger partial charge in [0.05, 0.1) is 44.1 Å².